The molecule has 0 amide bonds. The third kappa shape index (κ3) is 4.38. The molecule has 2 aromatic carbocycles. The Balaban J connectivity index is 0.000000221. The van der Waals surface area contributed by atoms with Crippen LogP contribution in [0.4, 0.5) is 0 Å². The molecule has 3 rings (SSSR count). The molecule has 0 saturated heterocycles. The second kappa shape index (κ2) is 8.73. The first-order valence-electron chi connectivity index (χ1n) is 5.96. The molecule has 0 bridgehead atoms. The van der Waals surface area contributed by atoms with E-state index in [2.05, 4.69) is 43.0 Å². The molecule has 1 aliphatic rings. The molecule has 2 aromatic rings. The zero-order valence-electron chi connectivity index (χ0n) is 10.6. The summed E-state index contributed by atoms with van der Waals surface area (Å²) in [5.41, 5.74) is 3.06. The van der Waals surface area contributed by atoms with Gasteiger partial charge in [0.05, 0.1) is 5.34 Å². The molecule has 0 aliphatic heterocycles. The maximum atomic E-state index is 9.06. The van der Waals surface area contributed by atoms with Crippen LogP contribution < -0.4 is 0 Å². The quantitative estimate of drug-likeness (QED) is 0.422. The largest absolute Gasteiger partial charge is 0.299 e. The van der Waals surface area contributed by atoms with Crippen molar-refractivity contribution in [1.29, 1.82) is 0 Å². The molecular formula is C16H16Cl2O. The predicted molar refractivity (Wildman–Crippen MR) is 84.2 cm³/mol. The fraction of sp³-hybridized carbons (Fsp3) is 0.188. The minimum absolute atomic E-state index is 0.194. The van der Waals surface area contributed by atoms with Crippen molar-refractivity contribution in [2.45, 2.75) is 12.8 Å². The number of aldehydes is 1. The Morgan fingerprint density at radius 1 is 1.05 bits per heavy atom. The summed E-state index contributed by atoms with van der Waals surface area (Å²) in [6.07, 6.45) is 4.30. The summed E-state index contributed by atoms with van der Waals surface area (Å²) in [4.78, 5) is 9.06. The molecule has 0 heterocycles. The number of benzene rings is 2. The molecule has 0 radical (unpaired) electrons. The van der Waals surface area contributed by atoms with Gasteiger partial charge in [-0.2, -0.15) is 0 Å². The second-order valence-electron chi connectivity index (χ2n) is 3.91. The fourth-order valence-electron chi connectivity index (χ4n) is 2.19. The molecule has 0 saturated carbocycles. The highest BCUT2D eigenvalue weighted by molar-refractivity contribution is 6.40. The van der Waals surface area contributed by atoms with Crippen LogP contribution in [0.1, 0.15) is 11.1 Å². The molecule has 0 spiro atoms. The van der Waals surface area contributed by atoms with E-state index >= 15 is 0 Å². The van der Waals surface area contributed by atoms with Crippen LogP contribution in [0.2, 0.25) is 0 Å². The lowest BCUT2D eigenvalue weighted by atomic mass is 10.1. The first kappa shape index (κ1) is 15.7. The van der Waals surface area contributed by atoms with Crippen molar-refractivity contribution >= 4 is 40.3 Å². The zero-order valence-corrected chi connectivity index (χ0v) is 12.1. The van der Waals surface area contributed by atoms with E-state index in [1.807, 2.05) is 0 Å². The van der Waals surface area contributed by atoms with E-state index in [1.165, 1.54) is 40.8 Å². The van der Waals surface area contributed by atoms with E-state index in [0.717, 1.165) is 0 Å². The molecule has 0 atom stereocenters. The number of rotatable bonds is 1. The summed E-state index contributed by atoms with van der Waals surface area (Å²) in [7, 11) is 0. The van der Waals surface area contributed by atoms with Gasteiger partial charge in [0.2, 0.25) is 0 Å². The maximum Gasteiger partial charge on any atom is 0.142 e. The second-order valence-corrected chi connectivity index (χ2v) is 4.71. The van der Waals surface area contributed by atoms with Crippen LogP contribution in [-0.4, -0.2) is 11.6 Å². The van der Waals surface area contributed by atoms with Crippen LogP contribution in [0.3, 0.4) is 0 Å². The average molecular weight is 295 g/mol. The monoisotopic (exact) mass is 294 g/mol. The Morgan fingerprint density at radius 3 is 1.84 bits per heavy atom. The van der Waals surface area contributed by atoms with E-state index in [0.29, 0.717) is 6.29 Å². The van der Waals surface area contributed by atoms with Gasteiger partial charge in [0.15, 0.2) is 0 Å². The molecule has 1 nitrogen and oxygen atoms in total. The molecule has 0 N–H and O–H groups in total. The lowest BCUT2D eigenvalue weighted by Crippen LogP contribution is -1.76. The normalized spacial score (nSPS) is 10.8. The third-order valence-corrected chi connectivity index (χ3v) is 2.84. The Bertz CT molecular complexity index is 505. The van der Waals surface area contributed by atoms with Crippen molar-refractivity contribution < 1.29 is 4.79 Å². The zero-order chi connectivity index (χ0) is 14.1. The molecule has 0 aromatic heterocycles. The van der Waals surface area contributed by atoms with Gasteiger partial charge in [-0.25, -0.2) is 0 Å². The molecular weight excluding hydrogens is 279 g/mol. The van der Waals surface area contributed by atoms with Gasteiger partial charge in [-0.15, -0.1) is 23.2 Å². The van der Waals surface area contributed by atoms with Crippen molar-refractivity contribution in [3.05, 3.63) is 60.2 Å². The minimum Gasteiger partial charge on any atom is -0.299 e. The standard InChI is InChI=1S/C12H10.C3H4O.CH2Cl2/c1-3-9-4-2-6-11-8-7-10(5-1)12(9)11;1-2-3-4;2-1-3/h1-6H,7-8H2;2-3H,1H2;1H2. The highest BCUT2D eigenvalue weighted by Gasteiger charge is 2.11. The maximum absolute atomic E-state index is 9.06. The molecule has 0 unspecified atom stereocenters. The van der Waals surface area contributed by atoms with Crippen molar-refractivity contribution in [3.63, 3.8) is 0 Å². The van der Waals surface area contributed by atoms with Crippen molar-refractivity contribution in [2.75, 3.05) is 5.34 Å². The number of hydrogen-bond donors (Lipinski definition) is 0. The van der Waals surface area contributed by atoms with Gasteiger partial charge in [-0.3, -0.25) is 4.79 Å². The summed E-state index contributed by atoms with van der Waals surface area (Å²) >= 11 is 9.53. The van der Waals surface area contributed by atoms with Crippen LogP contribution in [0.5, 0.6) is 0 Å². The Labute approximate surface area is 123 Å². The Hall–Kier alpha value is -1.31. The highest BCUT2D eigenvalue weighted by Crippen LogP contribution is 2.29. The Morgan fingerprint density at radius 2 is 1.47 bits per heavy atom. The number of carbonyl (C=O) groups excluding carboxylic acids is 1. The van der Waals surface area contributed by atoms with Gasteiger partial charge < -0.3 is 0 Å². The van der Waals surface area contributed by atoms with E-state index in [-0.39, 0.29) is 5.34 Å². The number of carbonyl (C=O) groups is 1. The van der Waals surface area contributed by atoms with Crippen LogP contribution >= 0.6 is 23.2 Å². The molecule has 0 fully saturated rings. The first-order chi connectivity index (χ1) is 9.28. The van der Waals surface area contributed by atoms with Crippen LogP contribution in [0, 0.1) is 0 Å². The van der Waals surface area contributed by atoms with Crippen molar-refractivity contribution in [3.8, 4) is 0 Å². The molecule has 3 heteroatoms. The van der Waals surface area contributed by atoms with Gasteiger partial charge in [-0.1, -0.05) is 43.0 Å². The average Bonchev–Trinajstić information content (AvgIpc) is 2.86. The van der Waals surface area contributed by atoms with Gasteiger partial charge >= 0.3 is 0 Å². The molecule has 1 aliphatic carbocycles. The summed E-state index contributed by atoms with van der Waals surface area (Å²) in [5, 5.41) is 3.11. The lowest BCUT2D eigenvalue weighted by Gasteiger charge is -1.99. The van der Waals surface area contributed by atoms with Crippen molar-refractivity contribution in [2.24, 2.45) is 0 Å². The van der Waals surface area contributed by atoms with E-state index in [1.54, 1.807) is 0 Å². The summed E-state index contributed by atoms with van der Waals surface area (Å²) in [6, 6.07) is 13.2. The number of alkyl halides is 2. The molecule has 100 valence electrons. The van der Waals surface area contributed by atoms with Crippen LogP contribution in [-0.2, 0) is 17.6 Å². The lowest BCUT2D eigenvalue weighted by molar-refractivity contribution is -0.104. The number of aryl methyl sites for hydroxylation is 2. The summed E-state index contributed by atoms with van der Waals surface area (Å²) in [6.45, 7) is 3.11. The van der Waals surface area contributed by atoms with E-state index < -0.39 is 0 Å². The van der Waals surface area contributed by atoms with Crippen LogP contribution in [0.25, 0.3) is 10.8 Å². The van der Waals surface area contributed by atoms with Crippen LogP contribution in [0.15, 0.2) is 49.1 Å². The van der Waals surface area contributed by atoms with Gasteiger partial charge in [0.25, 0.3) is 0 Å². The van der Waals surface area contributed by atoms with Gasteiger partial charge in [0, 0.05) is 0 Å². The SMILES string of the molecule is C=CC=O.ClCCl.c1cc2c3c(cccc3c1)CC2. The summed E-state index contributed by atoms with van der Waals surface area (Å²) in [5.74, 6) is 0. The highest BCUT2D eigenvalue weighted by atomic mass is 35.5. The number of allylic oxidation sites excluding steroid dienone is 1. The predicted octanol–water partition coefficient (Wildman–Crippen LogP) is 4.73. The number of hydrogen-bond acceptors (Lipinski definition) is 1. The third-order valence-electron chi connectivity index (χ3n) is 2.84. The van der Waals surface area contributed by atoms with Gasteiger partial charge in [-0.05, 0) is 40.8 Å². The topological polar surface area (TPSA) is 17.1 Å². The first-order valence-corrected chi connectivity index (χ1v) is 7.03. The van der Waals surface area contributed by atoms with Gasteiger partial charge in [0.1, 0.15) is 6.29 Å². The fourth-order valence-corrected chi connectivity index (χ4v) is 2.19. The molecule has 19 heavy (non-hydrogen) atoms. The van der Waals surface area contributed by atoms with E-state index in [9.17, 15) is 0 Å². The Kier molecular flexibility index (Phi) is 7.24. The summed E-state index contributed by atoms with van der Waals surface area (Å²) < 4.78 is 0. The minimum atomic E-state index is 0.194. The number of halogens is 2. The smallest absolute Gasteiger partial charge is 0.142 e. The van der Waals surface area contributed by atoms with Crippen molar-refractivity contribution in [1.82, 2.24) is 0 Å². The van der Waals surface area contributed by atoms with E-state index in [4.69, 9.17) is 28.0 Å².